The van der Waals surface area contributed by atoms with E-state index in [-0.39, 0.29) is 5.91 Å². The molecule has 0 aliphatic heterocycles. The molecule has 0 bridgehead atoms. The average molecular weight is 305 g/mol. The second-order valence-electron chi connectivity index (χ2n) is 5.70. The number of nitrogens with one attached hydrogen (secondary N) is 1. The molecule has 1 aromatic carbocycles. The van der Waals surface area contributed by atoms with Gasteiger partial charge in [-0.25, -0.2) is 0 Å². The molecule has 0 heterocycles. The second kappa shape index (κ2) is 9.46. The summed E-state index contributed by atoms with van der Waals surface area (Å²) < 4.78 is 11.2. The Morgan fingerprint density at radius 3 is 2.59 bits per heavy atom. The van der Waals surface area contributed by atoms with Crippen molar-refractivity contribution in [3.8, 4) is 5.75 Å². The van der Waals surface area contributed by atoms with Crippen LogP contribution in [0.4, 0.5) is 0 Å². The monoisotopic (exact) mass is 305 g/mol. The van der Waals surface area contributed by atoms with Crippen molar-refractivity contribution >= 4 is 5.91 Å². The third-order valence-corrected chi connectivity index (χ3v) is 3.94. The molecule has 4 nitrogen and oxygen atoms in total. The van der Waals surface area contributed by atoms with Crippen molar-refractivity contribution in [2.24, 2.45) is 0 Å². The molecule has 0 radical (unpaired) electrons. The first-order valence-electron chi connectivity index (χ1n) is 8.42. The van der Waals surface area contributed by atoms with Gasteiger partial charge in [0.2, 0.25) is 0 Å². The number of hydrogen-bond donors (Lipinski definition) is 1. The van der Waals surface area contributed by atoms with E-state index in [0.717, 1.165) is 18.8 Å². The molecular formula is C18H27NO3. The van der Waals surface area contributed by atoms with Crippen LogP contribution in [0.25, 0.3) is 0 Å². The van der Waals surface area contributed by atoms with Gasteiger partial charge in [0.25, 0.3) is 5.91 Å². The minimum Gasteiger partial charge on any atom is -0.494 e. The molecule has 4 heteroatoms. The van der Waals surface area contributed by atoms with E-state index in [1.54, 1.807) is 12.1 Å². The Balaban J connectivity index is 1.60. The Bertz CT molecular complexity index is 438. The maximum absolute atomic E-state index is 12.0. The molecule has 2 rings (SSSR count). The normalized spacial score (nSPS) is 15.5. The summed E-state index contributed by atoms with van der Waals surface area (Å²) in [7, 11) is 0. The highest BCUT2D eigenvalue weighted by Gasteiger charge is 2.13. The third-order valence-electron chi connectivity index (χ3n) is 3.94. The highest BCUT2D eigenvalue weighted by atomic mass is 16.5. The van der Waals surface area contributed by atoms with Gasteiger partial charge in [0.1, 0.15) is 5.75 Å². The Morgan fingerprint density at radius 1 is 1.18 bits per heavy atom. The summed E-state index contributed by atoms with van der Waals surface area (Å²) in [4.78, 5) is 12.0. The molecule has 1 saturated carbocycles. The van der Waals surface area contributed by atoms with Crippen LogP contribution >= 0.6 is 0 Å². The van der Waals surface area contributed by atoms with E-state index in [0.29, 0.717) is 24.8 Å². The van der Waals surface area contributed by atoms with Gasteiger partial charge in [-0.1, -0.05) is 19.3 Å². The Labute approximate surface area is 133 Å². The van der Waals surface area contributed by atoms with E-state index >= 15 is 0 Å². The first-order valence-corrected chi connectivity index (χ1v) is 8.42. The molecule has 0 unspecified atom stereocenters. The average Bonchev–Trinajstić information content (AvgIpc) is 2.56. The molecule has 0 atom stereocenters. The highest BCUT2D eigenvalue weighted by Crippen LogP contribution is 2.20. The van der Waals surface area contributed by atoms with E-state index in [1.807, 2.05) is 19.1 Å². The maximum atomic E-state index is 12.0. The van der Waals surface area contributed by atoms with Gasteiger partial charge in [0.05, 0.1) is 12.7 Å². The van der Waals surface area contributed by atoms with Crippen molar-refractivity contribution < 1.29 is 14.3 Å². The Hall–Kier alpha value is -1.55. The van der Waals surface area contributed by atoms with E-state index in [4.69, 9.17) is 9.47 Å². The van der Waals surface area contributed by atoms with Gasteiger partial charge in [0, 0.05) is 18.7 Å². The van der Waals surface area contributed by atoms with Crippen molar-refractivity contribution in [2.45, 2.75) is 51.6 Å². The van der Waals surface area contributed by atoms with Crippen molar-refractivity contribution in [3.63, 3.8) is 0 Å². The SMILES string of the molecule is CCOc1ccc(C(=O)NCCCOC2CCCCC2)cc1. The molecule has 1 N–H and O–H groups in total. The number of hydrogen-bond acceptors (Lipinski definition) is 3. The summed E-state index contributed by atoms with van der Waals surface area (Å²) in [6.45, 7) is 3.95. The maximum Gasteiger partial charge on any atom is 0.251 e. The van der Waals surface area contributed by atoms with Crippen LogP contribution in [-0.4, -0.2) is 31.8 Å². The van der Waals surface area contributed by atoms with Crippen molar-refractivity contribution in [1.82, 2.24) is 5.32 Å². The lowest BCUT2D eigenvalue weighted by atomic mass is 9.98. The zero-order valence-corrected chi connectivity index (χ0v) is 13.5. The van der Waals surface area contributed by atoms with Crippen LogP contribution in [0, 0.1) is 0 Å². The molecule has 0 saturated heterocycles. The topological polar surface area (TPSA) is 47.6 Å². The van der Waals surface area contributed by atoms with E-state index in [1.165, 1.54) is 32.1 Å². The lowest BCUT2D eigenvalue weighted by Gasteiger charge is -2.21. The van der Waals surface area contributed by atoms with Crippen LogP contribution < -0.4 is 10.1 Å². The fourth-order valence-electron chi connectivity index (χ4n) is 2.73. The largest absolute Gasteiger partial charge is 0.494 e. The van der Waals surface area contributed by atoms with E-state index in [9.17, 15) is 4.79 Å². The number of carbonyl (C=O) groups is 1. The third kappa shape index (κ3) is 5.68. The summed E-state index contributed by atoms with van der Waals surface area (Å²) in [5.74, 6) is 0.751. The van der Waals surface area contributed by atoms with Crippen LogP contribution in [0.2, 0.25) is 0 Å². The van der Waals surface area contributed by atoms with Crippen LogP contribution in [-0.2, 0) is 4.74 Å². The molecule has 0 aromatic heterocycles. The lowest BCUT2D eigenvalue weighted by Crippen LogP contribution is -2.26. The fraction of sp³-hybridized carbons (Fsp3) is 0.611. The molecule has 1 aliphatic rings. The Kier molecular flexibility index (Phi) is 7.23. The summed E-state index contributed by atoms with van der Waals surface area (Å²) in [6, 6.07) is 7.23. The zero-order valence-electron chi connectivity index (χ0n) is 13.5. The molecule has 1 amide bonds. The number of rotatable bonds is 8. The fourth-order valence-corrected chi connectivity index (χ4v) is 2.73. The molecule has 0 spiro atoms. The van der Waals surface area contributed by atoms with Crippen molar-refractivity contribution in [3.05, 3.63) is 29.8 Å². The zero-order chi connectivity index (χ0) is 15.6. The summed E-state index contributed by atoms with van der Waals surface area (Å²) >= 11 is 0. The quantitative estimate of drug-likeness (QED) is 0.747. The molecule has 1 fully saturated rings. The highest BCUT2D eigenvalue weighted by molar-refractivity contribution is 5.94. The predicted molar refractivity (Wildman–Crippen MR) is 87.4 cm³/mol. The minimum atomic E-state index is -0.0410. The molecule has 22 heavy (non-hydrogen) atoms. The molecule has 1 aromatic rings. The van der Waals surface area contributed by atoms with Gasteiger partial charge >= 0.3 is 0 Å². The van der Waals surface area contributed by atoms with Gasteiger partial charge in [-0.15, -0.1) is 0 Å². The van der Waals surface area contributed by atoms with Gasteiger partial charge < -0.3 is 14.8 Å². The lowest BCUT2D eigenvalue weighted by molar-refractivity contribution is 0.0273. The van der Waals surface area contributed by atoms with Gasteiger partial charge in [-0.3, -0.25) is 4.79 Å². The summed E-state index contributed by atoms with van der Waals surface area (Å²) in [6.07, 6.45) is 7.61. The van der Waals surface area contributed by atoms with Gasteiger partial charge in [-0.05, 0) is 50.5 Å². The first kappa shape index (κ1) is 16.8. The molecule has 122 valence electrons. The van der Waals surface area contributed by atoms with E-state index in [2.05, 4.69) is 5.32 Å². The van der Waals surface area contributed by atoms with Gasteiger partial charge in [-0.2, -0.15) is 0 Å². The minimum absolute atomic E-state index is 0.0410. The number of benzene rings is 1. The van der Waals surface area contributed by atoms with E-state index < -0.39 is 0 Å². The van der Waals surface area contributed by atoms with Gasteiger partial charge in [0.15, 0.2) is 0 Å². The van der Waals surface area contributed by atoms with Crippen LogP contribution in [0.15, 0.2) is 24.3 Å². The first-order chi connectivity index (χ1) is 10.8. The van der Waals surface area contributed by atoms with Crippen LogP contribution in [0.3, 0.4) is 0 Å². The van der Waals surface area contributed by atoms with Crippen molar-refractivity contribution in [2.75, 3.05) is 19.8 Å². The molecular weight excluding hydrogens is 278 g/mol. The summed E-state index contributed by atoms with van der Waals surface area (Å²) in [5.41, 5.74) is 0.664. The second-order valence-corrected chi connectivity index (χ2v) is 5.70. The standard InChI is InChI=1S/C18H27NO3/c1-2-21-17-11-9-15(10-12-17)18(20)19-13-6-14-22-16-7-4-3-5-8-16/h9-12,16H,2-8,13-14H2,1H3,(H,19,20). The summed E-state index contributed by atoms with van der Waals surface area (Å²) in [5, 5.41) is 2.93. The van der Waals surface area contributed by atoms with Crippen molar-refractivity contribution in [1.29, 1.82) is 0 Å². The number of amides is 1. The van der Waals surface area contributed by atoms with Crippen LogP contribution in [0.5, 0.6) is 5.75 Å². The number of carbonyl (C=O) groups excluding carboxylic acids is 1. The predicted octanol–water partition coefficient (Wildman–Crippen LogP) is 3.55. The Morgan fingerprint density at radius 2 is 1.91 bits per heavy atom. The number of ether oxygens (including phenoxy) is 2. The molecule has 1 aliphatic carbocycles. The smallest absolute Gasteiger partial charge is 0.251 e. The van der Waals surface area contributed by atoms with Crippen LogP contribution in [0.1, 0.15) is 55.8 Å².